The average Bonchev–Trinajstić information content (AvgIpc) is 2.63. The van der Waals surface area contributed by atoms with Crippen molar-refractivity contribution in [3.05, 3.63) is 59.9 Å². The summed E-state index contributed by atoms with van der Waals surface area (Å²) in [6.07, 6.45) is 0. The summed E-state index contributed by atoms with van der Waals surface area (Å²) in [5.74, 6) is -0.0356. The van der Waals surface area contributed by atoms with E-state index in [0.29, 0.717) is 18.8 Å². The second-order valence-electron chi connectivity index (χ2n) is 6.56. The minimum atomic E-state index is -0.419. The molecule has 2 aromatic rings. The Morgan fingerprint density at radius 2 is 1.79 bits per heavy atom. The van der Waals surface area contributed by atoms with Gasteiger partial charge in [-0.25, -0.2) is 4.39 Å². The van der Waals surface area contributed by atoms with Crippen LogP contribution in [0.3, 0.4) is 0 Å². The maximum absolute atomic E-state index is 13.2. The highest BCUT2D eigenvalue weighted by Crippen LogP contribution is 2.13. The fourth-order valence-corrected chi connectivity index (χ4v) is 2.64. The summed E-state index contributed by atoms with van der Waals surface area (Å²) in [6, 6.07) is 13.3. The second-order valence-corrected chi connectivity index (χ2v) is 6.56. The molecule has 0 unspecified atom stereocenters. The highest BCUT2D eigenvalue weighted by atomic mass is 19.1. The molecule has 0 aliphatic heterocycles. The molecule has 2 aromatic carbocycles. The zero-order chi connectivity index (χ0) is 20.5. The molecule has 0 spiro atoms. The number of anilines is 1. The Bertz CT molecular complexity index is 796. The van der Waals surface area contributed by atoms with Crippen molar-refractivity contribution in [3.8, 4) is 5.75 Å². The molecule has 0 saturated carbocycles. The standard InChI is InChI=1S/C21H26FN3O3/c1-4-28-19-10-8-16(9-11-19)13-25(3)21(27)15-24(2)14-20(26)23-18-7-5-6-17(22)12-18/h5-12H,4,13-15H2,1-3H3,(H,23,26). The zero-order valence-electron chi connectivity index (χ0n) is 16.4. The van der Waals surface area contributed by atoms with Crippen LogP contribution in [0.2, 0.25) is 0 Å². The average molecular weight is 387 g/mol. The van der Waals surface area contributed by atoms with Crippen molar-refractivity contribution in [3.63, 3.8) is 0 Å². The molecule has 28 heavy (non-hydrogen) atoms. The van der Waals surface area contributed by atoms with E-state index in [1.807, 2.05) is 31.2 Å². The van der Waals surface area contributed by atoms with Gasteiger partial charge in [-0.1, -0.05) is 18.2 Å². The van der Waals surface area contributed by atoms with E-state index in [2.05, 4.69) is 5.32 Å². The van der Waals surface area contributed by atoms with E-state index in [1.165, 1.54) is 18.2 Å². The van der Waals surface area contributed by atoms with Gasteiger partial charge in [0.1, 0.15) is 11.6 Å². The molecular weight excluding hydrogens is 361 g/mol. The first kappa shape index (κ1) is 21.4. The van der Waals surface area contributed by atoms with E-state index in [-0.39, 0.29) is 24.9 Å². The SMILES string of the molecule is CCOc1ccc(CN(C)C(=O)CN(C)CC(=O)Nc2cccc(F)c2)cc1. The Balaban J connectivity index is 1.79. The van der Waals surface area contributed by atoms with Crippen molar-refractivity contribution in [1.82, 2.24) is 9.80 Å². The molecule has 0 heterocycles. The number of nitrogens with one attached hydrogen (secondary N) is 1. The van der Waals surface area contributed by atoms with Gasteiger partial charge in [-0.05, 0) is 49.9 Å². The molecule has 0 aliphatic carbocycles. The summed E-state index contributed by atoms with van der Waals surface area (Å²) < 4.78 is 18.6. The third kappa shape index (κ3) is 7.00. The van der Waals surface area contributed by atoms with Crippen LogP contribution in [0.5, 0.6) is 5.75 Å². The quantitative estimate of drug-likeness (QED) is 0.719. The Morgan fingerprint density at radius 3 is 2.43 bits per heavy atom. The number of hydrogen-bond donors (Lipinski definition) is 1. The van der Waals surface area contributed by atoms with E-state index in [9.17, 15) is 14.0 Å². The third-order valence-corrected chi connectivity index (χ3v) is 4.01. The van der Waals surface area contributed by atoms with Crippen LogP contribution in [0.1, 0.15) is 12.5 Å². The monoisotopic (exact) mass is 387 g/mol. The van der Waals surface area contributed by atoms with Crippen LogP contribution in [-0.4, -0.2) is 55.4 Å². The minimum absolute atomic E-state index is 0.0269. The molecule has 0 aromatic heterocycles. The van der Waals surface area contributed by atoms with Gasteiger partial charge in [0.15, 0.2) is 0 Å². The number of carbonyl (C=O) groups is 2. The molecular formula is C21H26FN3O3. The topological polar surface area (TPSA) is 61.9 Å². The predicted octanol–water partition coefficient (Wildman–Crippen LogP) is 2.75. The van der Waals surface area contributed by atoms with Gasteiger partial charge < -0.3 is 15.0 Å². The smallest absolute Gasteiger partial charge is 0.238 e. The van der Waals surface area contributed by atoms with Crippen molar-refractivity contribution in [1.29, 1.82) is 0 Å². The van der Waals surface area contributed by atoms with Gasteiger partial charge in [0.25, 0.3) is 0 Å². The van der Waals surface area contributed by atoms with Gasteiger partial charge in [0.2, 0.25) is 11.8 Å². The van der Waals surface area contributed by atoms with Crippen LogP contribution in [0.15, 0.2) is 48.5 Å². The van der Waals surface area contributed by atoms with Crippen molar-refractivity contribution in [2.24, 2.45) is 0 Å². The first-order chi connectivity index (χ1) is 13.4. The molecule has 0 aliphatic rings. The molecule has 2 rings (SSSR count). The number of likely N-dealkylation sites (N-methyl/N-ethyl adjacent to an activating group) is 2. The summed E-state index contributed by atoms with van der Waals surface area (Å²) in [4.78, 5) is 27.7. The first-order valence-corrected chi connectivity index (χ1v) is 9.07. The van der Waals surface area contributed by atoms with Crippen LogP contribution in [0.25, 0.3) is 0 Å². The summed E-state index contributed by atoms with van der Waals surface area (Å²) in [5, 5.41) is 2.61. The summed E-state index contributed by atoms with van der Waals surface area (Å²) in [7, 11) is 3.41. The van der Waals surface area contributed by atoms with Crippen LogP contribution in [0.4, 0.5) is 10.1 Å². The zero-order valence-corrected chi connectivity index (χ0v) is 16.4. The van der Waals surface area contributed by atoms with Crippen LogP contribution in [0, 0.1) is 5.82 Å². The van der Waals surface area contributed by atoms with Crippen molar-refractivity contribution >= 4 is 17.5 Å². The molecule has 0 fully saturated rings. The van der Waals surface area contributed by atoms with Gasteiger partial charge in [-0.3, -0.25) is 14.5 Å². The number of benzene rings is 2. The van der Waals surface area contributed by atoms with E-state index in [4.69, 9.17) is 4.74 Å². The van der Waals surface area contributed by atoms with Gasteiger partial charge in [0, 0.05) is 19.3 Å². The molecule has 0 saturated heterocycles. The number of hydrogen-bond acceptors (Lipinski definition) is 4. The maximum Gasteiger partial charge on any atom is 0.238 e. The predicted molar refractivity (Wildman–Crippen MR) is 107 cm³/mol. The lowest BCUT2D eigenvalue weighted by Gasteiger charge is -2.22. The Morgan fingerprint density at radius 1 is 1.07 bits per heavy atom. The van der Waals surface area contributed by atoms with E-state index < -0.39 is 5.82 Å². The maximum atomic E-state index is 13.2. The fraction of sp³-hybridized carbons (Fsp3) is 0.333. The molecule has 7 heteroatoms. The van der Waals surface area contributed by atoms with Crippen molar-refractivity contribution in [2.45, 2.75) is 13.5 Å². The molecule has 0 bridgehead atoms. The Kier molecular flexibility index (Phi) is 7.95. The van der Waals surface area contributed by atoms with Gasteiger partial charge in [-0.2, -0.15) is 0 Å². The fourth-order valence-electron chi connectivity index (χ4n) is 2.64. The lowest BCUT2D eigenvalue weighted by molar-refractivity contribution is -0.131. The third-order valence-electron chi connectivity index (χ3n) is 4.01. The number of carbonyl (C=O) groups excluding carboxylic acids is 2. The van der Waals surface area contributed by atoms with Gasteiger partial charge in [0.05, 0.1) is 19.7 Å². The van der Waals surface area contributed by atoms with Crippen molar-refractivity contribution < 1.29 is 18.7 Å². The number of amides is 2. The summed E-state index contributed by atoms with van der Waals surface area (Å²) >= 11 is 0. The molecule has 1 N–H and O–H groups in total. The van der Waals surface area contributed by atoms with E-state index in [0.717, 1.165) is 11.3 Å². The lowest BCUT2D eigenvalue weighted by atomic mass is 10.2. The van der Waals surface area contributed by atoms with Gasteiger partial charge in [-0.15, -0.1) is 0 Å². The minimum Gasteiger partial charge on any atom is -0.494 e. The molecule has 150 valence electrons. The summed E-state index contributed by atoms with van der Waals surface area (Å²) in [6.45, 7) is 3.13. The number of halogens is 1. The van der Waals surface area contributed by atoms with Crippen LogP contribution >= 0.6 is 0 Å². The lowest BCUT2D eigenvalue weighted by Crippen LogP contribution is -2.39. The Labute approximate surface area is 164 Å². The number of ether oxygens (including phenoxy) is 1. The normalized spacial score (nSPS) is 10.6. The highest BCUT2D eigenvalue weighted by Gasteiger charge is 2.15. The van der Waals surface area contributed by atoms with Gasteiger partial charge >= 0.3 is 0 Å². The number of nitrogens with zero attached hydrogens (tertiary/aromatic N) is 2. The molecule has 0 atom stereocenters. The second kappa shape index (κ2) is 10.4. The molecule has 0 radical (unpaired) electrons. The summed E-state index contributed by atoms with van der Waals surface area (Å²) in [5.41, 5.74) is 1.38. The number of rotatable bonds is 9. The van der Waals surface area contributed by atoms with Crippen molar-refractivity contribution in [2.75, 3.05) is 39.1 Å². The Hall–Kier alpha value is -2.93. The molecule has 2 amide bonds. The van der Waals surface area contributed by atoms with Crippen LogP contribution < -0.4 is 10.1 Å². The highest BCUT2D eigenvalue weighted by molar-refractivity contribution is 5.92. The molecule has 6 nitrogen and oxygen atoms in total. The van der Waals surface area contributed by atoms with E-state index >= 15 is 0 Å². The van der Waals surface area contributed by atoms with E-state index in [1.54, 1.807) is 30.0 Å². The van der Waals surface area contributed by atoms with Crippen LogP contribution in [-0.2, 0) is 16.1 Å². The largest absolute Gasteiger partial charge is 0.494 e. The first-order valence-electron chi connectivity index (χ1n) is 9.07.